The summed E-state index contributed by atoms with van der Waals surface area (Å²) in [7, 11) is 0. The van der Waals surface area contributed by atoms with E-state index in [9.17, 15) is 4.79 Å². The van der Waals surface area contributed by atoms with Crippen molar-refractivity contribution in [3.05, 3.63) is 0 Å². The largest absolute Gasteiger partial charge is 0.481 e. The summed E-state index contributed by atoms with van der Waals surface area (Å²) in [5.41, 5.74) is 0. The number of carboxylic acids is 1. The van der Waals surface area contributed by atoms with Crippen LogP contribution in [-0.2, 0) is 9.53 Å². The zero-order valence-corrected chi connectivity index (χ0v) is 8.32. The van der Waals surface area contributed by atoms with Crippen molar-refractivity contribution in [2.24, 2.45) is 5.92 Å². The fourth-order valence-electron chi connectivity index (χ4n) is 1.83. The molecule has 0 aromatic carbocycles. The Hall–Kier alpha value is -0.570. The summed E-state index contributed by atoms with van der Waals surface area (Å²) in [5, 5.41) is 8.77. The number of aliphatic carboxylic acids is 1. The molecule has 0 heterocycles. The Bertz CT molecular complexity index is 169. The van der Waals surface area contributed by atoms with E-state index in [-0.39, 0.29) is 18.1 Å². The maximum absolute atomic E-state index is 10.6. The van der Waals surface area contributed by atoms with E-state index < -0.39 is 5.97 Å². The van der Waals surface area contributed by atoms with Crippen LogP contribution >= 0.6 is 0 Å². The van der Waals surface area contributed by atoms with Crippen molar-refractivity contribution in [1.29, 1.82) is 0 Å². The molecule has 0 aromatic heterocycles. The molecule has 1 N–H and O–H groups in total. The number of carbonyl (C=O) groups is 1. The van der Waals surface area contributed by atoms with Crippen molar-refractivity contribution in [3.8, 4) is 0 Å². The molecule has 3 heteroatoms. The zero-order valence-electron chi connectivity index (χ0n) is 8.32. The van der Waals surface area contributed by atoms with Gasteiger partial charge in [-0.15, -0.1) is 0 Å². The number of rotatable bonds is 3. The Morgan fingerprint density at radius 3 is 2.23 bits per heavy atom. The monoisotopic (exact) mass is 186 g/mol. The van der Waals surface area contributed by atoms with Gasteiger partial charge in [0.2, 0.25) is 0 Å². The van der Waals surface area contributed by atoms with Crippen molar-refractivity contribution >= 4 is 5.97 Å². The lowest BCUT2D eigenvalue weighted by atomic mass is 9.87. The van der Waals surface area contributed by atoms with Gasteiger partial charge in [-0.2, -0.15) is 0 Å². The molecule has 0 amide bonds. The average molecular weight is 186 g/mol. The van der Waals surface area contributed by atoms with Gasteiger partial charge in [-0.3, -0.25) is 4.79 Å². The van der Waals surface area contributed by atoms with E-state index in [0.717, 1.165) is 25.7 Å². The average Bonchev–Trinajstić information content (AvgIpc) is 2.04. The molecule has 0 unspecified atom stereocenters. The molecule has 0 radical (unpaired) electrons. The molecule has 1 rings (SSSR count). The van der Waals surface area contributed by atoms with Crippen LogP contribution in [-0.4, -0.2) is 23.3 Å². The number of hydrogen-bond acceptors (Lipinski definition) is 2. The minimum atomic E-state index is -0.650. The molecule has 76 valence electrons. The van der Waals surface area contributed by atoms with Crippen molar-refractivity contribution in [1.82, 2.24) is 0 Å². The van der Waals surface area contributed by atoms with Crippen LogP contribution in [0.15, 0.2) is 0 Å². The van der Waals surface area contributed by atoms with Gasteiger partial charge in [0.1, 0.15) is 0 Å². The van der Waals surface area contributed by atoms with Crippen molar-refractivity contribution < 1.29 is 14.6 Å². The highest BCUT2D eigenvalue weighted by molar-refractivity contribution is 5.69. The van der Waals surface area contributed by atoms with Gasteiger partial charge < -0.3 is 9.84 Å². The topological polar surface area (TPSA) is 46.5 Å². The highest BCUT2D eigenvalue weighted by Crippen LogP contribution is 2.26. The van der Waals surface area contributed by atoms with E-state index in [1.807, 2.05) is 13.8 Å². The first-order chi connectivity index (χ1) is 6.09. The van der Waals surface area contributed by atoms with Gasteiger partial charge in [-0.1, -0.05) is 0 Å². The quantitative estimate of drug-likeness (QED) is 0.733. The maximum Gasteiger partial charge on any atom is 0.306 e. The summed E-state index contributed by atoms with van der Waals surface area (Å²) < 4.78 is 5.63. The predicted octanol–water partition coefficient (Wildman–Crippen LogP) is 2.05. The third-order valence-corrected chi connectivity index (χ3v) is 2.49. The first-order valence-electron chi connectivity index (χ1n) is 4.98. The van der Waals surface area contributed by atoms with E-state index in [0.29, 0.717) is 0 Å². The number of hydrogen-bond donors (Lipinski definition) is 1. The Morgan fingerprint density at radius 2 is 1.85 bits per heavy atom. The molecule has 1 aliphatic rings. The molecule has 3 nitrogen and oxygen atoms in total. The second-order valence-corrected chi connectivity index (χ2v) is 4.00. The van der Waals surface area contributed by atoms with E-state index >= 15 is 0 Å². The summed E-state index contributed by atoms with van der Waals surface area (Å²) >= 11 is 0. The lowest BCUT2D eigenvalue weighted by Crippen LogP contribution is -2.27. The third kappa shape index (κ3) is 3.35. The smallest absolute Gasteiger partial charge is 0.306 e. The molecule has 0 saturated heterocycles. The Balaban J connectivity index is 2.26. The normalized spacial score (nSPS) is 29.2. The predicted molar refractivity (Wildman–Crippen MR) is 49.6 cm³/mol. The van der Waals surface area contributed by atoms with Crippen LogP contribution in [0.1, 0.15) is 39.5 Å². The van der Waals surface area contributed by atoms with Gasteiger partial charge in [0.05, 0.1) is 18.1 Å². The lowest BCUT2D eigenvalue weighted by molar-refractivity contribution is -0.144. The summed E-state index contributed by atoms with van der Waals surface area (Å²) in [5.74, 6) is -0.782. The number of ether oxygens (including phenoxy) is 1. The molecular formula is C10H18O3. The molecule has 1 saturated carbocycles. The number of carboxylic acid groups (broad SMARTS) is 1. The van der Waals surface area contributed by atoms with Crippen LogP contribution in [0.25, 0.3) is 0 Å². The summed E-state index contributed by atoms with van der Waals surface area (Å²) in [4.78, 5) is 10.6. The highest BCUT2D eigenvalue weighted by atomic mass is 16.5. The van der Waals surface area contributed by atoms with Crippen molar-refractivity contribution in [3.63, 3.8) is 0 Å². The van der Waals surface area contributed by atoms with Crippen LogP contribution in [0, 0.1) is 5.92 Å². The van der Waals surface area contributed by atoms with E-state index in [1.54, 1.807) is 0 Å². The molecule has 0 spiro atoms. The molecule has 1 aliphatic carbocycles. The fraction of sp³-hybridized carbons (Fsp3) is 0.900. The van der Waals surface area contributed by atoms with Gasteiger partial charge in [0, 0.05) is 0 Å². The third-order valence-electron chi connectivity index (χ3n) is 2.49. The molecule has 0 atom stereocenters. The highest BCUT2D eigenvalue weighted by Gasteiger charge is 2.26. The minimum absolute atomic E-state index is 0.132. The minimum Gasteiger partial charge on any atom is -0.481 e. The Morgan fingerprint density at radius 1 is 1.31 bits per heavy atom. The van der Waals surface area contributed by atoms with Gasteiger partial charge in [-0.25, -0.2) is 0 Å². The summed E-state index contributed by atoms with van der Waals surface area (Å²) in [6.07, 6.45) is 3.88. The molecule has 13 heavy (non-hydrogen) atoms. The van der Waals surface area contributed by atoms with E-state index in [1.165, 1.54) is 0 Å². The molecular weight excluding hydrogens is 168 g/mol. The fourth-order valence-corrected chi connectivity index (χ4v) is 1.83. The second-order valence-electron chi connectivity index (χ2n) is 4.00. The van der Waals surface area contributed by atoms with Gasteiger partial charge in [-0.05, 0) is 39.5 Å². The molecule has 0 bridgehead atoms. The second kappa shape index (κ2) is 4.61. The maximum atomic E-state index is 10.6. The van der Waals surface area contributed by atoms with Crippen LogP contribution in [0.2, 0.25) is 0 Å². The Kier molecular flexibility index (Phi) is 3.72. The molecule has 0 aliphatic heterocycles. The van der Waals surface area contributed by atoms with Gasteiger partial charge >= 0.3 is 5.97 Å². The molecule has 1 fully saturated rings. The van der Waals surface area contributed by atoms with Gasteiger partial charge in [0.25, 0.3) is 0 Å². The zero-order chi connectivity index (χ0) is 9.84. The van der Waals surface area contributed by atoms with Crippen molar-refractivity contribution in [2.45, 2.75) is 51.7 Å². The van der Waals surface area contributed by atoms with Crippen LogP contribution in [0.3, 0.4) is 0 Å². The SMILES string of the molecule is CC(C)O[C@H]1CC[C@@H](C(=O)O)CC1. The standard InChI is InChI=1S/C10H18O3/c1-7(2)13-9-5-3-8(4-6-9)10(11)12/h7-9H,3-6H2,1-2H3,(H,11,12)/t8-,9+. The van der Waals surface area contributed by atoms with Crippen LogP contribution in [0.4, 0.5) is 0 Å². The molecule has 0 aromatic rings. The summed E-state index contributed by atoms with van der Waals surface area (Å²) in [6.45, 7) is 4.03. The lowest BCUT2D eigenvalue weighted by Gasteiger charge is -2.27. The first kappa shape index (κ1) is 10.5. The summed E-state index contributed by atoms with van der Waals surface area (Å²) in [6, 6.07) is 0. The van der Waals surface area contributed by atoms with E-state index in [4.69, 9.17) is 9.84 Å². The van der Waals surface area contributed by atoms with Gasteiger partial charge in [0.15, 0.2) is 0 Å². The Labute approximate surface area is 79.1 Å². The first-order valence-corrected chi connectivity index (χ1v) is 4.98. The van der Waals surface area contributed by atoms with Crippen molar-refractivity contribution in [2.75, 3.05) is 0 Å². The van der Waals surface area contributed by atoms with Crippen LogP contribution < -0.4 is 0 Å². The van der Waals surface area contributed by atoms with E-state index in [2.05, 4.69) is 0 Å². The van der Waals surface area contributed by atoms with Crippen LogP contribution in [0.5, 0.6) is 0 Å².